The molecule has 0 atom stereocenters. The van der Waals surface area contributed by atoms with Crippen LogP contribution in [0.15, 0.2) is 71.3 Å². The quantitative estimate of drug-likeness (QED) is 0.0948. The summed E-state index contributed by atoms with van der Waals surface area (Å²) in [6.07, 6.45) is 13.2. The second-order valence-electron chi connectivity index (χ2n) is 4.96. The molecule has 2 rings (SSSR count). The number of carbonyl (C=O) groups is 1. The summed E-state index contributed by atoms with van der Waals surface area (Å²) in [6, 6.07) is 7.57. The van der Waals surface area contributed by atoms with Gasteiger partial charge in [0.15, 0.2) is 37.9 Å². The van der Waals surface area contributed by atoms with E-state index in [1.807, 2.05) is 58.2 Å². The minimum Gasteiger partial charge on any atom is -1.00 e. The Hall–Kier alpha value is -1.71. The highest BCUT2D eigenvalue weighted by atomic mass is 79.9. The lowest BCUT2D eigenvalue weighted by Gasteiger charge is -1.97. The number of carboxylic acids is 1. The molecule has 0 radical (unpaired) electrons. The van der Waals surface area contributed by atoms with Crippen LogP contribution < -0.4 is 43.1 Å². The molecule has 2 heterocycles. The van der Waals surface area contributed by atoms with Crippen molar-refractivity contribution in [3.05, 3.63) is 66.8 Å². The SMILES string of the molecule is O=C(O)CSc1cc[n+](C/C=C/C[n+]2ccc(/C=N\O)cc2)cc1.[Br-].[Br-]. The number of hydrogen-bond acceptors (Lipinski definition) is 4. The van der Waals surface area contributed by atoms with Gasteiger partial charge >= 0.3 is 5.97 Å². The van der Waals surface area contributed by atoms with Crippen LogP contribution in [0.2, 0.25) is 0 Å². The van der Waals surface area contributed by atoms with E-state index >= 15 is 0 Å². The van der Waals surface area contributed by atoms with Crippen LogP contribution in [0.4, 0.5) is 0 Å². The zero-order valence-corrected chi connectivity index (χ0v) is 17.8. The first kappa shape index (κ1) is 24.3. The maximum Gasteiger partial charge on any atom is 0.313 e. The van der Waals surface area contributed by atoms with Crippen molar-refractivity contribution in [1.29, 1.82) is 0 Å². The molecule has 0 saturated heterocycles. The van der Waals surface area contributed by atoms with Gasteiger partial charge in [0.2, 0.25) is 0 Å². The summed E-state index contributed by atoms with van der Waals surface area (Å²) < 4.78 is 4.04. The molecule has 140 valence electrons. The zero-order chi connectivity index (χ0) is 17.2. The minimum absolute atomic E-state index is 0. The molecule has 9 heteroatoms. The minimum atomic E-state index is -0.811. The lowest BCUT2D eigenvalue weighted by Crippen LogP contribution is -3.00. The van der Waals surface area contributed by atoms with Crippen molar-refractivity contribution in [3.8, 4) is 0 Å². The van der Waals surface area contributed by atoms with E-state index in [0.717, 1.165) is 23.5 Å². The molecule has 0 amide bonds. The van der Waals surface area contributed by atoms with Crippen LogP contribution in [0.5, 0.6) is 0 Å². The first-order chi connectivity index (χ1) is 11.7. The third-order valence-electron chi connectivity index (χ3n) is 3.15. The van der Waals surface area contributed by atoms with Crippen LogP contribution in [-0.2, 0) is 17.9 Å². The third-order valence-corrected chi connectivity index (χ3v) is 4.14. The normalized spacial score (nSPS) is 10.5. The van der Waals surface area contributed by atoms with Gasteiger partial charge in [-0.25, -0.2) is 9.13 Å². The fourth-order valence-corrected chi connectivity index (χ4v) is 2.55. The number of aliphatic carboxylic acids is 1. The number of rotatable bonds is 8. The largest absolute Gasteiger partial charge is 1.00 e. The molecule has 0 aliphatic rings. The predicted molar refractivity (Wildman–Crippen MR) is 90.2 cm³/mol. The fraction of sp³-hybridized carbons (Fsp3) is 0.176. The molecular weight excluding hydrogens is 486 g/mol. The van der Waals surface area contributed by atoms with Gasteiger partial charge in [-0.1, -0.05) is 5.16 Å². The van der Waals surface area contributed by atoms with Gasteiger partial charge in [0, 0.05) is 34.7 Å². The highest BCUT2D eigenvalue weighted by molar-refractivity contribution is 8.00. The highest BCUT2D eigenvalue weighted by Crippen LogP contribution is 2.14. The van der Waals surface area contributed by atoms with Gasteiger partial charge < -0.3 is 44.3 Å². The maximum atomic E-state index is 10.5. The molecule has 0 bridgehead atoms. The molecule has 2 aromatic heterocycles. The van der Waals surface area contributed by atoms with Crippen LogP contribution in [0.25, 0.3) is 0 Å². The number of hydrogen-bond donors (Lipinski definition) is 2. The summed E-state index contributed by atoms with van der Waals surface area (Å²) in [6.45, 7) is 1.50. The van der Waals surface area contributed by atoms with Crippen LogP contribution in [-0.4, -0.2) is 28.3 Å². The molecule has 0 aliphatic carbocycles. The first-order valence-electron chi connectivity index (χ1n) is 7.32. The molecule has 26 heavy (non-hydrogen) atoms. The molecule has 2 N–H and O–H groups in total. The van der Waals surface area contributed by atoms with Gasteiger partial charge in [0.05, 0.1) is 12.0 Å². The Bertz CT molecular complexity index is 723. The molecule has 0 fully saturated rings. The van der Waals surface area contributed by atoms with Gasteiger partial charge in [-0.15, -0.1) is 11.8 Å². The summed E-state index contributed by atoms with van der Waals surface area (Å²) in [7, 11) is 0. The number of halogens is 2. The summed E-state index contributed by atoms with van der Waals surface area (Å²) in [4.78, 5) is 11.5. The first-order valence-corrected chi connectivity index (χ1v) is 8.31. The van der Waals surface area contributed by atoms with E-state index in [4.69, 9.17) is 10.3 Å². The van der Waals surface area contributed by atoms with E-state index in [1.165, 1.54) is 18.0 Å². The molecule has 0 aliphatic heterocycles. The topological polar surface area (TPSA) is 77.7 Å². The number of allylic oxidation sites excluding steroid dienone is 2. The van der Waals surface area contributed by atoms with Crippen molar-refractivity contribution < 1.29 is 58.2 Å². The Morgan fingerprint density at radius 3 is 1.96 bits per heavy atom. The van der Waals surface area contributed by atoms with E-state index in [1.54, 1.807) is 0 Å². The van der Waals surface area contributed by atoms with Gasteiger partial charge in [0.25, 0.3) is 0 Å². The van der Waals surface area contributed by atoms with Crippen LogP contribution in [0.3, 0.4) is 0 Å². The average Bonchev–Trinajstić information content (AvgIpc) is 2.59. The van der Waals surface area contributed by atoms with E-state index in [9.17, 15) is 4.79 Å². The van der Waals surface area contributed by atoms with E-state index in [-0.39, 0.29) is 39.7 Å². The predicted octanol–water partition coefficient (Wildman–Crippen LogP) is -4.49. The fourth-order valence-electron chi connectivity index (χ4n) is 1.94. The number of nitrogens with zero attached hydrogens (tertiary/aromatic N) is 3. The molecule has 0 unspecified atom stereocenters. The second kappa shape index (κ2) is 13.5. The summed E-state index contributed by atoms with van der Waals surface area (Å²) in [5, 5.41) is 20.1. The lowest BCUT2D eigenvalue weighted by molar-refractivity contribution is -0.691. The second-order valence-corrected chi connectivity index (χ2v) is 6.01. The van der Waals surface area contributed by atoms with Gasteiger partial charge in [-0.2, -0.15) is 0 Å². The molecular formula is C17H19Br2N3O3S. The number of thioether (sulfide) groups is 1. The maximum absolute atomic E-state index is 10.5. The number of carboxylic acid groups (broad SMARTS) is 1. The van der Waals surface area contributed by atoms with E-state index in [2.05, 4.69) is 17.3 Å². The highest BCUT2D eigenvalue weighted by Gasteiger charge is 2.03. The van der Waals surface area contributed by atoms with Crippen molar-refractivity contribution in [2.75, 3.05) is 5.75 Å². The molecule has 0 aromatic carbocycles. The molecule has 0 spiro atoms. The third kappa shape index (κ3) is 9.12. The standard InChI is InChI=1S/C17H17N3O3S.2BrH/c21-17(22)14-24-16-5-11-20(12-6-16)8-2-1-7-19-9-3-15(4-10-19)13-18-23;;/h1-6,9-13H,7-8,14H2;2*1H/b2-1+;;. The Morgan fingerprint density at radius 1 is 1.00 bits per heavy atom. The van der Waals surface area contributed by atoms with Crippen LogP contribution >= 0.6 is 11.8 Å². The van der Waals surface area contributed by atoms with Crippen molar-refractivity contribution in [1.82, 2.24) is 0 Å². The smallest absolute Gasteiger partial charge is 0.313 e. The zero-order valence-electron chi connectivity index (χ0n) is 13.8. The molecule has 0 saturated carbocycles. The Kier molecular flexibility index (Phi) is 12.6. The van der Waals surface area contributed by atoms with Crippen molar-refractivity contribution in [2.45, 2.75) is 18.0 Å². The van der Waals surface area contributed by atoms with Gasteiger partial charge in [-0.05, 0) is 12.2 Å². The Balaban J connectivity index is 0.00000312. The van der Waals surface area contributed by atoms with Crippen molar-refractivity contribution in [2.24, 2.45) is 5.16 Å². The lowest BCUT2D eigenvalue weighted by atomic mass is 10.3. The average molecular weight is 505 g/mol. The van der Waals surface area contributed by atoms with E-state index in [0.29, 0.717) is 0 Å². The van der Waals surface area contributed by atoms with Crippen molar-refractivity contribution >= 4 is 23.9 Å². The number of pyridine rings is 2. The Labute approximate surface area is 177 Å². The number of aromatic nitrogens is 2. The van der Waals surface area contributed by atoms with Gasteiger partial charge in [-0.3, -0.25) is 4.79 Å². The van der Waals surface area contributed by atoms with Crippen molar-refractivity contribution in [3.63, 3.8) is 0 Å². The molecule has 2 aromatic rings. The monoisotopic (exact) mass is 503 g/mol. The number of oxime groups is 1. The van der Waals surface area contributed by atoms with Gasteiger partial charge in [0.1, 0.15) is 0 Å². The van der Waals surface area contributed by atoms with E-state index < -0.39 is 5.97 Å². The summed E-state index contributed by atoms with van der Waals surface area (Å²) in [5.74, 6) is -0.738. The molecule has 6 nitrogen and oxygen atoms in total. The summed E-state index contributed by atoms with van der Waals surface area (Å²) >= 11 is 1.31. The van der Waals surface area contributed by atoms with Crippen LogP contribution in [0.1, 0.15) is 5.56 Å². The Morgan fingerprint density at radius 2 is 1.50 bits per heavy atom. The summed E-state index contributed by atoms with van der Waals surface area (Å²) in [5.41, 5.74) is 0.842. The van der Waals surface area contributed by atoms with Crippen LogP contribution in [0, 0.1) is 0 Å².